The van der Waals surface area contributed by atoms with Crippen LogP contribution in [0.15, 0.2) is 60.7 Å². The Kier molecular flexibility index (Phi) is 12.4. The molecule has 2 aromatic rings. The molecule has 234 valence electrons. The molecule has 0 bridgehead atoms. The van der Waals surface area contributed by atoms with Crippen LogP contribution in [0.2, 0.25) is 0 Å². The van der Waals surface area contributed by atoms with Crippen LogP contribution in [-0.2, 0) is 41.6 Å². The zero-order valence-electron chi connectivity index (χ0n) is 24.5. The molecule has 3 rings (SSSR count). The second-order valence-corrected chi connectivity index (χ2v) is 13.9. The fourth-order valence-corrected chi connectivity index (χ4v) is 5.02. The van der Waals surface area contributed by atoms with Crippen LogP contribution in [0.1, 0.15) is 44.7 Å². The minimum atomic E-state index is -1.84. The highest BCUT2D eigenvalue weighted by Crippen LogP contribution is 2.31. The van der Waals surface area contributed by atoms with Crippen LogP contribution in [-0.4, -0.2) is 70.1 Å². The molecular weight excluding hydrogens is 619 g/mol. The number of nitrogens with one attached hydrogen (secondary N) is 1. The molecule has 9 nitrogen and oxygen atoms in total. The number of ether oxygens (including phenoxy) is 3. The largest absolute Gasteiger partial charge is 0.524 e. The summed E-state index contributed by atoms with van der Waals surface area (Å²) in [6.07, 6.45) is -0.674. The van der Waals surface area contributed by atoms with Crippen molar-refractivity contribution in [1.82, 2.24) is 5.32 Å². The molecule has 43 heavy (non-hydrogen) atoms. The van der Waals surface area contributed by atoms with Crippen molar-refractivity contribution in [3.8, 4) is 0 Å². The molecule has 2 amide bonds. The van der Waals surface area contributed by atoms with E-state index in [1.165, 1.54) is 0 Å². The zero-order chi connectivity index (χ0) is 31.7. The van der Waals surface area contributed by atoms with Gasteiger partial charge < -0.3 is 19.5 Å². The van der Waals surface area contributed by atoms with Gasteiger partial charge in [-0.05, 0) is 44.7 Å². The third-order valence-electron chi connectivity index (χ3n) is 6.90. The van der Waals surface area contributed by atoms with Crippen LogP contribution < -0.4 is 5.32 Å². The summed E-state index contributed by atoms with van der Waals surface area (Å²) < 4.78 is 13.7. The number of benzene rings is 2. The fourth-order valence-electron chi connectivity index (χ4n) is 4.86. The summed E-state index contributed by atoms with van der Waals surface area (Å²) in [5.41, 5.74) is 0.714. The molecule has 0 aliphatic carbocycles. The molecular formula is C31H38Cl3N2O7+. The minimum absolute atomic E-state index is 0.0122. The maximum atomic E-state index is 14.6. The fraction of sp³-hybridized carbons (Fsp3) is 0.484. The number of quaternary nitrogens is 1. The average Bonchev–Trinajstić information content (AvgIpc) is 2.96. The number of aryl methyl sites for hydroxylation is 1. The number of carbonyl (C=O) groups is 4. The number of piperazine rings is 1. The number of nitrogens with zero attached hydrogens (tertiary/aromatic N) is 1. The summed E-state index contributed by atoms with van der Waals surface area (Å²) in [6.45, 7) is 4.63. The Hall–Kier alpha value is -2.69. The van der Waals surface area contributed by atoms with Gasteiger partial charge in [-0.25, -0.2) is 9.59 Å². The van der Waals surface area contributed by atoms with Crippen LogP contribution in [0.4, 0.5) is 4.79 Å². The van der Waals surface area contributed by atoms with Crippen molar-refractivity contribution in [2.24, 2.45) is 5.92 Å². The molecule has 3 atom stereocenters. The van der Waals surface area contributed by atoms with Crippen LogP contribution in [0.3, 0.4) is 0 Å². The van der Waals surface area contributed by atoms with E-state index in [1.54, 1.807) is 32.9 Å². The molecule has 0 spiro atoms. The number of alkyl halides is 3. The normalized spacial score (nSPS) is 19.6. The first kappa shape index (κ1) is 34.8. The Bertz CT molecular complexity index is 1250. The lowest BCUT2D eigenvalue weighted by molar-refractivity contribution is -0.806. The van der Waals surface area contributed by atoms with E-state index < -0.39 is 62.8 Å². The number of hydrogen-bond donors (Lipinski definition) is 1. The first-order valence-corrected chi connectivity index (χ1v) is 15.2. The Morgan fingerprint density at radius 3 is 2.12 bits per heavy atom. The molecule has 0 aromatic heterocycles. The van der Waals surface area contributed by atoms with Crippen molar-refractivity contribution in [2.75, 3.05) is 26.2 Å². The van der Waals surface area contributed by atoms with Crippen molar-refractivity contribution in [3.63, 3.8) is 0 Å². The Morgan fingerprint density at radius 1 is 0.930 bits per heavy atom. The van der Waals surface area contributed by atoms with Gasteiger partial charge in [0.2, 0.25) is 9.83 Å². The summed E-state index contributed by atoms with van der Waals surface area (Å²) in [5.74, 6) is -3.19. The van der Waals surface area contributed by atoms with Gasteiger partial charge in [-0.2, -0.15) is 4.79 Å². The average molecular weight is 657 g/mol. The Labute approximate surface area is 267 Å². The van der Waals surface area contributed by atoms with E-state index in [1.807, 2.05) is 48.5 Å². The number of carbonyl (C=O) groups excluding carboxylic acids is 4. The van der Waals surface area contributed by atoms with Gasteiger partial charge in [0.05, 0.1) is 18.9 Å². The SMILES string of the molecule is CC(C)(C)OC(=O)[N@@+]1(C(=O)[C@H](CCc2ccccc2)CC(=O)OCC(Cl)(Cl)Cl)CCNCC1C(=O)OCc1ccccc1. The van der Waals surface area contributed by atoms with Crippen molar-refractivity contribution < 1.29 is 37.9 Å². The van der Waals surface area contributed by atoms with Crippen LogP contribution in [0.5, 0.6) is 0 Å². The summed E-state index contributed by atoms with van der Waals surface area (Å²) in [4.78, 5) is 55.2. The van der Waals surface area contributed by atoms with Gasteiger partial charge in [0, 0.05) is 6.54 Å². The quantitative estimate of drug-likeness (QED) is 0.154. The first-order chi connectivity index (χ1) is 20.2. The third-order valence-corrected chi connectivity index (χ3v) is 7.23. The smallest absolute Gasteiger partial charge is 0.461 e. The topological polar surface area (TPSA) is 108 Å². The second kappa shape index (κ2) is 15.3. The number of hydrogen-bond acceptors (Lipinski definition) is 8. The van der Waals surface area contributed by atoms with Gasteiger partial charge in [0.25, 0.3) is 0 Å². The molecule has 1 heterocycles. The molecule has 0 saturated carbocycles. The molecule has 1 aliphatic heterocycles. The predicted molar refractivity (Wildman–Crippen MR) is 163 cm³/mol. The highest BCUT2D eigenvalue weighted by Gasteiger charge is 2.60. The van der Waals surface area contributed by atoms with Crippen molar-refractivity contribution in [2.45, 2.75) is 62.1 Å². The van der Waals surface area contributed by atoms with Gasteiger partial charge in [-0.15, -0.1) is 4.48 Å². The Balaban J connectivity index is 1.98. The highest BCUT2D eigenvalue weighted by molar-refractivity contribution is 6.67. The highest BCUT2D eigenvalue weighted by atomic mass is 35.6. The lowest BCUT2D eigenvalue weighted by atomic mass is 9.92. The molecule has 0 radical (unpaired) electrons. The molecule has 1 aliphatic rings. The summed E-state index contributed by atoms with van der Waals surface area (Å²) in [6, 6.07) is 17.2. The molecule has 1 fully saturated rings. The maximum Gasteiger partial charge on any atom is 0.524 e. The molecule has 1 N–H and O–H groups in total. The van der Waals surface area contributed by atoms with E-state index in [0.717, 1.165) is 11.1 Å². The van der Waals surface area contributed by atoms with E-state index in [0.29, 0.717) is 6.42 Å². The lowest BCUT2D eigenvalue weighted by Crippen LogP contribution is -2.74. The van der Waals surface area contributed by atoms with Crippen LogP contribution >= 0.6 is 34.8 Å². The number of halogens is 3. The third kappa shape index (κ3) is 10.5. The van der Waals surface area contributed by atoms with E-state index >= 15 is 0 Å². The van der Waals surface area contributed by atoms with E-state index in [9.17, 15) is 19.2 Å². The summed E-state index contributed by atoms with van der Waals surface area (Å²) >= 11 is 17.3. The maximum absolute atomic E-state index is 14.6. The van der Waals surface area contributed by atoms with Gasteiger partial charge in [-0.3, -0.25) is 4.79 Å². The standard InChI is InChI=1S/C31H38Cl3N2O7/c1-30(2,3)43-29(40)36(17-16-35-19-25(36)28(39)41-20-23-12-8-5-9-13-23)27(38)24(15-14-22-10-6-4-7-11-22)18-26(37)42-21-31(32,33)34/h4-13,24-25,35H,14-21H2,1-3H3/q+1/t24-,25?,36+/m1/s1. The Morgan fingerprint density at radius 2 is 1.53 bits per heavy atom. The van der Waals surface area contributed by atoms with Crippen molar-refractivity contribution in [1.29, 1.82) is 0 Å². The number of amides is 2. The van der Waals surface area contributed by atoms with E-state index in [4.69, 9.17) is 49.0 Å². The van der Waals surface area contributed by atoms with Crippen LogP contribution in [0.25, 0.3) is 0 Å². The van der Waals surface area contributed by atoms with Gasteiger partial charge >= 0.3 is 23.9 Å². The van der Waals surface area contributed by atoms with Gasteiger partial charge in [-0.1, -0.05) is 95.5 Å². The molecule has 2 aromatic carbocycles. The molecule has 12 heteroatoms. The monoisotopic (exact) mass is 655 g/mol. The van der Waals surface area contributed by atoms with E-state index in [2.05, 4.69) is 5.32 Å². The summed E-state index contributed by atoms with van der Waals surface area (Å²) in [7, 11) is 0. The van der Waals surface area contributed by atoms with Crippen molar-refractivity contribution in [3.05, 3.63) is 71.8 Å². The zero-order valence-corrected chi connectivity index (χ0v) is 26.8. The lowest BCUT2D eigenvalue weighted by Gasteiger charge is -2.42. The van der Waals surface area contributed by atoms with E-state index in [-0.39, 0.29) is 32.7 Å². The first-order valence-electron chi connectivity index (χ1n) is 14.0. The van der Waals surface area contributed by atoms with Crippen molar-refractivity contribution >= 4 is 58.7 Å². The van der Waals surface area contributed by atoms with Gasteiger partial charge in [0.15, 0.2) is 0 Å². The van der Waals surface area contributed by atoms with Crippen LogP contribution in [0, 0.1) is 5.92 Å². The minimum Gasteiger partial charge on any atom is -0.461 e. The molecule has 1 saturated heterocycles. The predicted octanol–water partition coefficient (Wildman–Crippen LogP) is 5.53. The number of rotatable bonds is 10. The second-order valence-electron chi connectivity index (χ2n) is 11.4. The number of esters is 2. The summed E-state index contributed by atoms with van der Waals surface area (Å²) in [5, 5.41) is 3.10. The van der Waals surface area contributed by atoms with Gasteiger partial charge in [0.1, 0.15) is 25.4 Å². The number of imide groups is 1. The molecule has 1 unspecified atom stereocenters.